The molecule has 158 valence electrons. The number of H-pyrrole nitrogens is 1. The van der Waals surface area contributed by atoms with Crippen LogP contribution in [0.4, 0.5) is 10.1 Å². The number of carbonyl (C=O) groups excluding carboxylic acids is 1. The van der Waals surface area contributed by atoms with Crippen LogP contribution in [-0.2, 0) is 0 Å². The number of benzene rings is 2. The van der Waals surface area contributed by atoms with Crippen molar-refractivity contribution in [1.82, 2.24) is 10.3 Å². The van der Waals surface area contributed by atoms with Gasteiger partial charge in [-0.3, -0.25) is 14.6 Å². The molecular formula is C23H22FN5O2. The van der Waals surface area contributed by atoms with Gasteiger partial charge in [-0.05, 0) is 74.5 Å². The van der Waals surface area contributed by atoms with Gasteiger partial charge < -0.3 is 16.1 Å². The molecule has 0 atom stereocenters. The molecule has 0 aliphatic carbocycles. The molecular weight excluding hydrogens is 397 g/mol. The number of nitrogens with two attached hydrogens (primary N) is 1. The zero-order valence-electron chi connectivity index (χ0n) is 16.8. The van der Waals surface area contributed by atoms with Gasteiger partial charge in [0.05, 0.1) is 17.5 Å². The van der Waals surface area contributed by atoms with E-state index in [1.165, 1.54) is 30.5 Å². The molecule has 8 heteroatoms. The number of pyridine rings is 1. The second-order valence-electron chi connectivity index (χ2n) is 7.45. The third-order valence-electron chi connectivity index (χ3n) is 5.42. The molecule has 1 fully saturated rings. The van der Waals surface area contributed by atoms with Crippen molar-refractivity contribution >= 4 is 34.3 Å². The Labute approximate surface area is 177 Å². The fourth-order valence-electron chi connectivity index (χ4n) is 3.71. The molecule has 1 saturated heterocycles. The summed E-state index contributed by atoms with van der Waals surface area (Å²) in [5.41, 5.74) is 1.69. The highest BCUT2D eigenvalue weighted by Gasteiger charge is 2.21. The van der Waals surface area contributed by atoms with Crippen LogP contribution in [0.3, 0.4) is 0 Å². The molecule has 0 spiro atoms. The Morgan fingerprint density at radius 2 is 1.84 bits per heavy atom. The van der Waals surface area contributed by atoms with E-state index in [0.29, 0.717) is 22.2 Å². The summed E-state index contributed by atoms with van der Waals surface area (Å²) in [4.78, 5) is 32.0. The van der Waals surface area contributed by atoms with E-state index in [-0.39, 0.29) is 23.0 Å². The van der Waals surface area contributed by atoms with Crippen LogP contribution in [0.2, 0.25) is 0 Å². The number of Topliss-reactive ketones (excluding diaryl/α,β-unsaturated/α-hetero) is 1. The van der Waals surface area contributed by atoms with E-state index in [2.05, 4.69) is 20.4 Å². The van der Waals surface area contributed by atoms with Gasteiger partial charge in [-0.25, -0.2) is 4.39 Å². The minimum atomic E-state index is -0.412. The van der Waals surface area contributed by atoms with E-state index >= 15 is 0 Å². The molecule has 0 bridgehead atoms. The number of hydrogen-bond donors (Lipinski definition) is 3. The Kier molecular flexibility index (Phi) is 5.99. The summed E-state index contributed by atoms with van der Waals surface area (Å²) >= 11 is 0. The van der Waals surface area contributed by atoms with Gasteiger partial charge >= 0.3 is 0 Å². The number of aromatic nitrogens is 1. The number of nitrogens with one attached hydrogen (secondary N) is 2. The Hall–Kier alpha value is -3.65. The molecule has 4 N–H and O–H groups in total. The van der Waals surface area contributed by atoms with E-state index in [0.717, 1.165) is 25.9 Å². The van der Waals surface area contributed by atoms with Gasteiger partial charge in [-0.2, -0.15) is 5.10 Å². The van der Waals surface area contributed by atoms with Crippen molar-refractivity contribution in [2.75, 3.05) is 13.1 Å². The molecule has 4 rings (SSSR count). The SMILES string of the molecule is NN=C(C=Nc1ccc(C(=O)C2CCNCC2)cc1)c1cc2cc(F)ccc2[nH]c1=O. The molecule has 7 nitrogen and oxygen atoms in total. The maximum Gasteiger partial charge on any atom is 0.258 e. The van der Waals surface area contributed by atoms with Crippen LogP contribution >= 0.6 is 0 Å². The van der Waals surface area contributed by atoms with Crippen molar-refractivity contribution in [3.63, 3.8) is 0 Å². The lowest BCUT2D eigenvalue weighted by molar-refractivity contribution is 0.0895. The van der Waals surface area contributed by atoms with Crippen molar-refractivity contribution in [2.24, 2.45) is 21.9 Å². The topological polar surface area (TPSA) is 113 Å². The van der Waals surface area contributed by atoms with Crippen LogP contribution in [0.15, 0.2) is 63.4 Å². The minimum Gasteiger partial charge on any atom is -0.323 e. The van der Waals surface area contributed by atoms with Crippen molar-refractivity contribution in [1.29, 1.82) is 0 Å². The summed E-state index contributed by atoms with van der Waals surface area (Å²) in [6.45, 7) is 1.72. The number of aliphatic imine (C=N–C) groups is 1. The minimum absolute atomic E-state index is 0.0519. The van der Waals surface area contributed by atoms with Crippen LogP contribution in [0.1, 0.15) is 28.8 Å². The summed E-state index contributed by atoms with van der Waals surface area (Å²) in [6, 6.07) is 12.6. The molecule has 31 heavy (non-hydrogen) atoms. The van der Waals surface area contributed by atoms with Gasteiger partial charge in [-0.1, -0.05) is 0 Å². The highest BCUT2D eigenvalue weighted by Crippen LogP contribution is 2.20. The Morgan fingerprint density at radius 1 is 1.10 bits per heavy atom. The van der Waals surface area contributed by atoms with Crippen LogP contribution < -0.4 is 16.7 Å². The number of halogens is 1. The second kappa shape index (κ2) is 9.01. The third kappa shape index (κ3) is 4.59. The summed E-state index contributed by atoms with van der Waals surface area (Å²) in [6.07, 6.45) is 3.07. The molecule has 0 amide bonds. The lowest BCUT2D eigenvalue weighted by Crippen LogP contribution is -2.31. The number of piperidine rings is 1. The van der Waals surface area contributed by atoms with Crippen LogP contribution in [-0.4, -0.2) is 35.8 Å². The van der Waals surface area contributed by atoms with Gasteiger partial charge in [0.15, 0.2) is 5.78 Å². The predicted octanol–water partition coefficient (Wildman–Crippen LogP) is 2.91. The Morgan fingerprint density at radius 3 is 2.55 bits per heavy atom. The van der Waals surface area contributed by atoms with Crippen molar-refractivity contribution < 1.29 is 9.18 Å². The van der Waals surface area contributed by atoms with Crippen LogP contribution in [0.25, 0.3) is 10.9 Å². The standard InChI is InChI=1S/C23H22FN5O2/c24-17-3-6-20-16(11-17)12-19(23(31)28-20)21(29-25)13-27-18-4-1-14(2-5-18)22(30)15-7-9-26-10-8-15/h1-6,11-13,15,26H,7-10,25H2,(H,28,31). The Bertz CT molecular complexity index is 1220. The number of fused-ring (bicyclic) bond motifs is 1. The number of carbonyl (C=O) groups is 1. The van der Waals surface area contributed by atoms with E-state index in [1.54, 1.807) is 24.3 Å². The number of rotatable bonds is 5. The lowest BCUT2D eigenvalue weighted by Gasteiger charge is -2.21. The fraction of sp³-hybridized carbons (Fsp3) is 0.217. The molecule has 2 heterocycles. The molecule has 1 aliphatic heterocycles. The zero-order chi connectivity index (χ0) is 21.8. The fourth-order valence-corrected chi connectivity index (χ4v) is 3.71. The first-order chi connectivity index (χ1) is 15.0. The van der Waals surface area contributed by atoms with E-state index < -0.39 is 11.4 Å². The van der Waals surface area contributed by atoms with Gasteiger partial charge in [0.25, 0.3) is 5.56 Å². The maximum absolute atomic E-state index is 13.5. The highest BCUT2D eigenvalue weighted by molar-refractivity contribution is 6.38. The van der Waals surface area contributed by atoms with E-state index in [1.807, 2.05) is 0 Å². The molecule has 2 aromatic carbocycles. The Balaban J connectivity index is 1.54. The molecule has 1 aliphatic rings. The number of nitrogens with zero attached hydrogens (tertiary/aromatic N) is 2. The average molecular weight is 419 g/mol. The van der Waals surface area contributed by atoms with Crippen LogP contribution in [0.5, 0.6) is 0 Å². The number of ketones is 1. The van der Waals surface area contributed by atoms with E-state index in [9.17, 15) is 14.0 Å². The molecule has 0 radical (unpaired) electrons. The summed E-state index contributed by atoms with van der Waals surface area (Å²) in [5, 5.41) is 7.44. The maximum atomic E-state index is 13.5. The van der Waals surface area contributed by atoms with Gasteiger partial charge in [0.2, 0.25) is 0 Å². The quantitative estimate of drug-likeness (QED) is 0.255. The smallest absolute Gasteiger partial charge is 0.258 e. The molecule has 3 aromatic rings. The predicted molar refractivity (Wildman–Crippen MR) is 120 cm³/mol. The zero-order valence-corrected chi connectivity index (χ0v) is 16.8. The monoisotopic (exact) mass is 419 g/mol. The average Bonchev–Trinajstić information content (AvgIpc) is 2.80. The lowest BCUT2D eigenvalue weighted by atomic mass is 9.89. The second-order valence-corrected chi connectivity index (χ2v) is 7.45. The number of aromatic amines is 1. The summed E-state index contributed by atoms with van der Waals surface area (Å²) in [5.74, 6) is 5.27. The van der Waals surface area contributed by atoms with E-state index in [4.69, 9.17) is 5.84 Å². The van der Waals surface area contributed by atoms with Crippen molar-refractivity contribution in [3.05, 3.63) is 75.8 Å². The largest absolute Gasteiger partial charge is 0.323 e. The first-order valence-electron chi connectivity index (χ1n) is 10.0. The summed E-state index contributed by atoms with van der Waals surface area (Å²) < 4.78 is 13.5. The van der Waals surface area contributed by atoms with Crippen LogP contribution in [0, 0.1) is 11.7 Å². The van der Waals surface area contributed by atoms with Crippen molar-refractivity contribution in [3.8, 4) is 0 Å². The highest BCUT2D eigenvalue weighted by atomic mass is 19.1. The number of hydrazone groups is 1. The number of hydrogen-bond acceptors (Lipinski definition) is 6. The van der Waals surface area contributed by atoms with Gasteiger partial charge in [0, 0.05) is 22.4 Å². The molecule has 0 saturated carbocycles. The van der Waals surface area contributed by atoms with Gasteiger partial charge in [0.1, 0.15) is 11.5 Å². The third-order valence-corrected chi connectivity index (χ3v) is 5.42. The first kappa shape index (κ1) is 20.6. The molecule has 0 unspecified atom stereocenters. The van der Waals surface area contributed by atoms with Crippen molar-refractivity contribution in [2.45, 2.75) is 12.8 Å². The normalized spacial score (nSPS) is 15.6. The van der Waals surface area contributed by atoms with Gasteiger partial charge in [-0.15, -0.1) is 0 Å². The first-order valence-corrected chi connectivity index (χ1v) is 10.0. The summed E-state index contributed by atoms with van der Waals surface area (Å²) in [7, 11) is 0. The molecule has 1 aromatic heterocycles.